The number of nitrogens with one attached hydrogen (secondary N) is 1. The lowest BCUT2D eigenvalue weighted by atomic mass is 10.1. The van der Waals surface area contributed by atoms with Crippen LogP contribution >= 0.6 is 11.3 Å². The molecule has 0 bridgehead atoms. The molecule has 90 valence electrons. The van der Waals surface area contributed by atoms with Crippen LogP contribution < -0.4 is 5.32 Å². The van der Waals surface area contributed by atoms with Gasteiger partial charge in [0.25, 0.3) is 0 Å². The van der Waals surface area contributed by atoms with Gasteiger partial charge in [-0.2, -0.15) is 0 Å². The fourth-order valence-corrected chi connectivity index (χ4v) is 3.36. The van der Waals surface area contributed by atoms with Crippen molar-refractivity contribution in [2.24, 2.45) is 5.92 Å². The van der Waals surface area contributed by atoms with Gasteiger partial charge in [-0.1, -0.05) is 13.3 Å². The van der Waals surface area contributed by atoms with Gasteiger partial charge in [0.15, 0.2) is 0 Å². The predicted octanol–water partition coefficient (Wildman–Crippen LogP) is 3.43. The first-order chi connectivity index (χ1) is 7.69. The summed E-state index contributed by atoms with van der Waals surface area (Å²) in [6, 6.07) is 0.731. The zero-order valence-corrected chi connectivity index (χ0v) is 11.4. The van der Waals surface area contributed by atoms with Crippen LogP contribution in [-0.4, -0.2) is 11.0 Å². The summed E-state index contributed by atoms with van der Waals surface area (Å²) in [4.78, 5) is 5.92. The minimum Gasteiger partial charge on any atom is -0.308 e. The lowest BCUT2D eigenvalue weighted by Gasteiger charge is -2.11. The van der Waals surface area contributed by atoms with Crippen molar-refractivity contribution in [3.8, 4) is 0 Å². The molecule has 1 saturated carbocycles. The van der Waals surface area contributed by atoms with E-state index in [1.165, 1.54) is 41.3 Å². The third-order valence-electron chi connectivity index (χ3n) is 3.73. The molecule has 2 rings (SSSR count). The van der Waals surface area contributed by atoms with E-state index in [1.807, 2.05) is 11.3 Å². The Hall–Kier alpha value is -0.410. The molecule has 1 aromatic heterocycles. The van der Waals surface area contributed by atoms with Crippen LogP contribution in [0, 0.1) is 19.8 Å². The molecule has 3 heteroatoms. The van der Waals surface area contributed by atoms with Gasteiger partial charge in [-0.25, -0.2) is 4.98 Å². The second kappa shape index (κ2) is 5.28. The number of hydrogen-bond donors (Lipinski definition) is 1. The van der Waals surface area contributed by atoms with Crippen molar-refractivity contribution in [2.45, 2.75) is 59.0 Å². The van der Waals surface area contributed by atoms with E-state index in [1.54, 1.807) is 0 Å². The smallest absolute Gasteiger partial charge is 0.107 e. The summed E-state index contributed by atoms with van der Waals surface area (Å²) in [6.45, 7) is 7.51. The van der Waals surface area contributed by atoms with E-state index < -0.39 is 0 Å². The van der Waals surface area contributed by atoms with Crippen LogP contribution in [0.4, 0.5) is 0 Å². The molecule has 0 aromatic carbocycles. The highest BCUT2D eigenvalue weighted by atomic mass is 32.1. The molecular formula is C13H22N2S. The number of thiazole rings is 1. The SMILES string of the molecule is CCC1CCC(NCc2nc(C)c(C)s2)C1. The molecule has 1 heterocycles. The lowest BCUT2D eigenvalue weighted by Crippen LogP contribution is -2.25. The van der Waals surface area contributed by atoms with E-state index in [0.717, 1.165) is 18.5 Å². The first-order valence-corrected chi connectivity index (χ1v) is 7.17. The summed E-state index contributed by atoms with van der Waals surface area (Å²) in [7, 11) is 0. The van der Waals surface area contributed by atoms with Gasteiger partial charge in [0.2, 0.25) is 0 Å². The summed E-state index contributed by atoms with van der Waals surface area (Å²) >= 11 is 1.83. The van der Waals surface area contributed by atoms with Gasteiger partial charge >= 0.3 is 0 Å². The van der Waals surface area contributed by atoms with Crippen LogP contribution in [-0.2, 0) is 6.54 Å². The summed E-state index contributed by atoms with van der Waals surface area (Å²) in [6.07, 6.45) is 5.46. The molecule has 1 N–H and O–H groups in total. The Bertz CT molecular complexity index is 326. The zero-order valence-electron chi connectivity index (χ0n) is 10.5. The van der Waals surface area contributed by atoms with E-state index in [9.17, 15) is 0 Å². The fraction of sp³-hybridized carbons (Fsp3) is 0.769. The van der Waals surface area contributed by atoms with Gasteiger partial charge in [-0.15, -0.1) is 11.3 Å². The first kappa shape index (κ1) is 12.1. The zero-order chi connectivity index (χ0) is 11.5. The Morgan fingerprint density at radius 3 is 2.75 bits per heavy atom. The lowest BCUT2D eigenvalue weighted by molar-refractivity contribution is 0.476. The molecule has 1 aliphatic rings. The second-order valence-electron chi connectivity index (χ2n) is 4.91. The number of hydrogen-bond acceptors (Lipinski definition) is 3. The fourth-order valence-electron chi connectivity index (χ4n) is 2.48. The molecule has 0 saturated heterocycles. The van der Waals surface area contributed by atoms with Crippen LogP contribution in [0.15, 0.2) is 0 Å². The highest BCUT2D eigenvalue weighted by Gasteiger charge is 2.22. The number of nitrogens with zero attached hydrogens (tertiary/aromatic N) is 1. The molecule has 16 heavy (non-hydrogen) atoms. The van der Waals surface area contributed by atoms with Crippen molar-refractivity contribution in [3.05, 3.63) is 15.6 Å². The van der Waals surface area contributed by atoms with Gasteiger partial charge < -0.3 is 5.32 Å². The van der Waals surface area contributed by atoms with Crippen molar-refractivity contribution >= 4 is 11.3 Å². The van der Waals surface area contributed by atoms with E-state index in [0.29, 0.717) is 0 Å². The summed E-state index contributed by atoms with van der Waals surface area (Å²) in [5.41, 5.74) is 1.19. The van der Waals surface area contributed by atoms with Gasteiger partial charge in [0.1, 0.15) is 5.01 Å². The van der Waals surface area contributed by atoms with Crippen LogP contribution in [0.2, 0.25) is 0 Å². The van der Waals surface area contributed by atoms with E-state index in [-0.39, 0.29) is 0 Å². The molecule has 1 aliphatic carbocycles. The standard InChI is InChI=1S/C13H22N2S/c1-4-11-5-6-12(7-11)14-8-13-15-9(2)10(3)16-13/h11-12,14H,4-8H2,1-3H3. The molecule has 0 amide bonds. The minimum absolute atomic E-state index is 0.731. The Kier molecular flexibility index (Phi) is 3.98. The van der Waals surface area contributed by atoms with Crippen LogP contribution in [0.5, 0.6) is 0 Å². The maximum atomic E-state index is 4.57. The molecule has 0 aliphatic heterocycles. The third-order valence-corrected chi connectivity index (χ3v) is 4.81. The average Bonchev–Trinajstić information content (AvgIpc) is 2.84. The van der Waals surface area contributed by atoms with Crippen LogP contribution in [0.25, 0.3) is 0 Å². The molecule has 0 radical (unpaired) electrons. The van der Waals surface area contributed by atoms with Crippen molar-refractivity contribution in [1.29, 1.82) is 0 Å². The van der Waals surface area contributed by atoms with Crippen molar-refractivity contribution in [3.63, 3.8) is 0 Å². The first-order valence-electron chi connectivity index (χ1n) is 6.35. The van der Waals surface area contributed by atoms with Gasteiger partial charge in [0.05, 0.1) is 5.69 Å². The molecule has 1 aromatic rings. The monoisotopic (exact) mass is 238 g/mol. The van der Waals surface area contributed by atoms with Crippen molar-refractivity contribution < 1.29 is 0 Å². The molecule has 2 nitrogen and oxygen atoms in total. The average molecular weight is 238 g/mol. The number of aromatic nitrogens is 1. The highest BCUT2D eigenvalue weighted by Crippen LogP contribution is 2.28. The highest BCUT2D eigenvalue weighted by molar-refractivity contribution is 7.11. The maximum Gasteiger partial charge on any atom is 0.107 e. The minimum atomic E-state index is 0.731. The summed E-state index contributed by atoms with van der Waals surface area (Å²) < 4.78 is 0. The van der Waals surface area contributed by atoms with E-state index in [2.05, 4.69) is 31.1 Å². The maximum absolute atomic E-state index is 4.57. The summed E-state index contributed by atoms with van der Waals surface area (Å²) in [5, 5.41) is 4.90. The Balaban J connectivity index is 1.79. The van der Waals surface area contributed by atoms with Crippen molar-refractivity contribution in [1.82, 2.24) is 10.3 Å². The van der Waals surface area contributed by atoms with Crippen LogP contribution in [0.3, 0.4) is 0 Å². The normalized spacial score (nSPS) is 25.2. The van der Waals surface area contributed by atoms with Crippen LogP contribution in [0.1, 0.15) is 48.2 Å². The van der Waals surface area contributed by atoms with Gasteiger partial charge in [-0.05, 0) is 39.0 Å². The quantitative estimate of drug-likeness (QED) is 0.869. The molecular weight excluding hydrogens is 216 g/mol. The Morgan fingerprint density at radius 2 is 2.19 bits per heavy atom. The largest absolute Gasteiger partial charge is 0.308 e. The molecule has 0 spiro atoms. The predicted molar refractivity (Wildman–Crippen MR) is 69.8 cm³/mol. The van der Waals surface area contributed by atoms with E-state index >= 15 is 0 Å². The molecule has 1 fully saturated rings. The molecule has 2 atom stereocenters. The van der Waals surface area contributed by atoms with Gasteiger partial charge in [-0.3, -0.25) is 0 Å². The van der Waals surface area contributed by atoms with Crippen molar-refractivity contribution in [2.75, 3.05) is 0 Å². The Labute approximate surface area is 102 Å². The second-order valence-corrected chi connectivity index (χ2v) is 6.20. The number of aryl methyl sites for hydroxylation is 2. The van der Waals surface area contributed by atoms with Gasteiger partial charge in [0, 0.05) is 17.5 Å². The summed E-state index contributed by atoms with van der Waals surface area (Å²) in [5.74, 6) is 0.956. The number of rotatable bonds is 4. The topological polar surface area (TPSA) is 24.9 Å². The Morgan fingerprint density at radius 1 is 1.38 bits per heavy atom. The third kappa shape index (κ3) is 2.83. The van der Waals surface area contributed by atoms with E-state index in [4.69, 9.17) is 0 Å². The molecule has 2 unspecified atom stereocenters.